The van der Waals surface area contributed by atoms with E-state index in [0.717, 1.165) is 18.4 Å². The van der Waals surface area contributed by atoms with Gasteiger partial charge < -0.3 is 9.64 Å². The minimum absolute atomic E-state index is 0.0758. The van der Waals surface area contributed by atoms with Gasteiger partial charge in [-0.3, -0.25) is 8.98 Å². The molecule has 38 heavy (non-hydrogen) atoms. The van der Waals surface area contributed by atoms with Crippen molar-refractivity contribution in [1.29, 1.82) is 0 Å². The lowest BCUT2D eigenvalue weighted by Crippen LogP contribution is -2.29. The second-order valence-corrected chi connectivity index (χ2v) is 11.1. The molecular formula is C27H25ClF3NO5S. The van der Waals surface area contributed by atoms with Gasteiger partial charge in [0.1, 0.15) is 11.5 Å². The van der Waals surface area contributed by atoms with Gasteiger partial charge in [0.25, 0.3) is 10.1 Å². The molecule has 3 aromatic carbocycles. The Morgan fingerprint density at radius 3 is 2.24 bits per heavy atom. The van der Waals surface area contributed by atoms with Gasteiger partial charge in [0.15, 0.2) is 0 Å². The van der Waals surface area contributed by atoms with Gasteiger partial charge in [-0.25, -0.2) is 0 Å². The number of hydrogen-bond donors (Lipinski definition) is 0. The van der Waals surface area contributed by atoms with Crippen LogP contribution in [0.2, 0.25) is 5.02 Å². The Morgan fingerprint density at radius 1 is 1.00 bits per heavy atom. The molecule has 4 rings (SSSR count). The first kappa shape index (κ1) is 27.9. The van der Waals surface area contributed by atoms with E-state index in [9.17, 15) is 26.4 Å². The molecule has 202 valence electrons. The zero-order valence-electron chi connectivity index (χ0n) is 20.3. The second kappa shape index (κ2) is 11.3. The van der Waals surface area contributed by atoms with Crippen LogP contribution in [0.4, 0.5) is 18.9 Å². The third kappa shape index (κ3) is 7.06. The molecule has 0 aliphatic carbocycles. The Balaban J connectivity index is 1.58. The second-order valence-electron chi connectivity index (χ2n) is 9.00. The van der Waals surface area contributed by atoms with Gasteiger partial charge >= 0.3 is 6.18 Å². The molecule has 1 fully saturated rings. The van der Waals surface area contributed by atoms with E-state index in [1.54, 1.807) is 54.6 Å². The lowest BCUT2D eigenvalue weighted by molar-refractivity contribution is -0.137. The van der Waals surface area contributed by atoms with Crippen LogP contribution in [0.3, 0.4) is 0 Å². The van der Waals surface area contributed by atoms with Gasteiger partial charge in [-0.1, -0.05) is 23.7 Å². The summed E-state index contributed by atoms with van der Waals surface area (Å²) in [6.45, 7) is -0.0758. The highest BCUT2D eigenvalue weighted by atomic mass is 35.5. The van der Waals surface area contributed by atoms with Crippen molar-refractivity contribution >= 4 is 33.3 Å². The van der Waals surface area contributed by atoms with Gasteiger partial charge in [-0.2, -0.15) is 21.6 Å². The van der Waals surface area contributed by atoms with Crippen molar-refractivity contribution in [1.82, 2.24) is 0 Å². The molecular weight excluding hydrogens is 543 g/mol. The number of amides is 1. The summed E-state index contributed by atoms with van der Waals surface area (Å²) in [5.41, 5.74) is 0.0828. The molecule has 0 spiro atoms. The highest BCUT2D eigenvalue weighted by molar-refractivity contribution is 7.85. The smallest absolute Gasteiger partial charge is 0.416 e. The van der Waals surface area contributed by atoms with Crippen LogP contribution in [0.5, 0.6) is 11.5 Å². The molecule has 0 N–H and O–H groups in total. The zero-order chi connectivity index (χ0) is 27.5. The average Bonchev–Trinajstić information content (AvgIpc) is 3.19. The molecule has 11 heteroatoms. The molecule has 0 aromatic heterocycles. The normalized spacial score (nSPS) is 18.1. The summed E-state index contributed by atoms with van der Waals surface area (Å²) in [4.78, 5) is 15.0. The number of carbonyl (C=O) groups excluding carboxylic acids is 1. The molecule has 0 unspecified atom stereocenters. The first-order chi connectivity index (χ1) is 17.9. The van der Waals surface area contributed by atoms with Crippen molar-refractivity contribution in [2.75, 3.05) is 17.8 Å². The fraction of sp³-hybridized carbons (Fsp3) is 0.296. The van der Waals surface area contributed by atoms with Crippen molar-refractivity contribution in [3.63, 3.8) is 0 Å². The Kier molecular flexibility index (Phi) is 8.34. The van der Waals surface area contributed by atoms with Crippen molar-refractivity contribution in [2.24, 2.45) is 5.92 Å². The zero-order valence-corrected chi connectivity index (χ0v) is 21.9. The first-order valence-corrected chi connectivity index (χ1v) is 14.0. The molecule has 1 heterocycles. The Bertz CT molecular complexity index is 1380. The average molecular weight is 568 g/mol. The quantitative estimate of drug-likeness (QED) is 0.206. The van der Waals surface area contributed by atoms with Crippen molar-refractivity contribution in [3.8, 4) is 11.5 Å². The monoisotopic (exact) mass is 567 g/mol. The van der Waals surface area contributed by atoms with E-state index in [0.29, 0.717) is 40.6 Å². The maximum atomic E-state index is 13.5. The van der Waals surface area contributed by atoms with Crippen molar-refractivity contribution in [2.45, 2.75) is 31.5 Å². The van der Waals surface area contributed by atoms with E-state index in [1.165, 1.54) is 11.0 Å². The number of alkyl halides is 3. The maximum absolute atomic E-state index is 13.5. The third-order valence-electron chi connectivity index (χ3n) is 6.16. The summed E-state index contributed by atoms with van der Waals surface area (Å²) in [5, 5.41) is 0.568. The SMILES string of the molecule is CS(=O)(=O)OCCC[C@H]1C[C@H](c2cccc(C(F)(F)F)c2)N(c2ccc(Oc3ccc(Cl)cc3)cc2)C1=O. The van der Waals surface area contributed by atoms with Crippen LogP contribution in [0.1, 0.15) is 36.4 Å². The van der Waals surface area contributed by atoms with Crippen LogP contribution < -0.4 is 9.64 Å². The van der Waals surface area contributed by atoms with Crippen LogP contribution in [0.15, 0.2) is 72.8 Å². The van der Waals surface area contributed by atoms with E-state index in [1.807, 2.05) is 0 Å². The Labute approximate surface area is 224 Å². The summed E-state index contributed by atoms with van der Waals surface area (Å²) in [6.07, 6.45) is -2.66. The van der Waals surface area contributed by atoms with Crippen LogP contribution >= 0.6 is 11.6 Å². The van der Waals surface area contributed by atoms with Gasteiger partial charge in [0.05, 0.1) is 24.5 Å². The predicted molar refractivity (Wildman–Crippen MR) is 138 cm³/mol. The predicted octanol–water partition coefficient (Wildman–Crippen LogP) is 7.00. The topological polar surface area (TPSA) is 72.9 Å². The van der Waals surface area contributed by atoms with Gasteiger partial charge in [0, 0.05) is 16.6 Å². The Morgan fingerprint density at radius 2 is 1.63 bits per heavy atom. The lowest BCUT2D eigenvalue weighted by atomic mass is 9.95. The molecule has 6 nitrogen and oxygen atoms in total. The van der Waals surface area contributed by atoms with Gasteiger partial charge in [0.2, 0.25) is 5.91 Å². The maximum Gasteiger partial charge on any atom is 0.416 e. The molecule has 2 atom stereocenters. The minimum Gasteiger partial charge on any atom is -0.457 e. The molecule has 1 aliphatic rings. The fourth-order valence-corrected chi connectivity index (χ4v) is 4.98. The van der Waals surface area contributed by atoms with Crippen LogP contribution in [0, 0.1) is 5.92 Å². The largest absolute Gasteiger partial charge is 0.457 e. The van der Waals surface area contributed by atoms with E-state index < -0.39 is 33.8 Å². The molecule has 1 aliphatic heterocycles. The molecule has 0 radical (unpaired) electrons. The van der Waals surface area contributed by atoms with E-state index in [4.69, 9.17) is 20.5 Å². The van der Waals surface area contributed by atoms with E-state index in [2.05, 4.69) is 0 Å². The molecule has 1 amide bonds. The van der Waals surface area contributed by atoms with E-state index in [-0.39, 0.29) is 18.9 Å². The van der Waals surface area contributed by atoms with E-state index >= 15 is 0 Å². The van der Waals surface area contributed by atoms with Crippen LogP contribution in [-0.4, -0.2) is 27.2 Å². The number of carbonyl (C=O) groups is 1. The van der Waals surface area contributed by atoms with Crippen LogP contribution in [-0.2, 0) is 25.3 Å². The van der Waals surface area contributed by atoms with Crippen LogP contribution in [0.25, 0.3) is 0 Å². The highest BCUT2D eigenvalue weighted by Gasteiger charge is 2.41. The molecule has 1 saturated heterocycles. The van der Waals surface area contributed by atoms with Crippen molar-refractivity contribution < 1.29 is 35.3 Å². The number of anilines is 1. The summed E-state index contributed by atoms with van der Waals surface area (Å²) < 4.78 is 73.3. The highest BCUT2D eigenvalue weighted by Crippen LogP contribution is 2.43. The molecule has 0 saturated carbocycles. The summed E-state index contributed by atoms with van der Waals surface area (Å²) in [6, 6.07) is 17.8. The Hall–Kier alpha value is -3.08. The molecule has 3 aromatic rings. The summed E-state index contributed by atoms with van der Waals surface area (Å²) >= 11 is 5.90. The fourth-order valence-electron chi connectivity index (χ4n) is 4.44. The molecule has 0 bridgehead atoms. The van der Waals surface area contributed by atoms with Gasteiger partial charge in [-0.15, -0.1) is 0 Å². The summed E-state index contributed by atoms with van der Waals surface area (Å²) in [7, 11) is -3.61. The third-order valence-corrected chi connectivity index (χ3v) is 7.01. The number of hydrogen-bond acceptors (Lipinski definition) is 5. The number of benzene rings is 3. The lowest BCUT2D eigenvalue weighted by Gasteiger charge is -2.26. The number of nitrogens with zero attached hydrogens (tertiary/aromatic N) is 1. The van der Waals surface area contributed by atoms with Crippen molar-refractivity contribution in [3.05, 3.63) is 88.9 Å². The summed E-state index contributed by atoms with van der Waals surface area (Å²) in [5.74, 6) is 0.311. The number of ether oxygens (including phenoxy) is 1. The van der Waals surface area contributed by atoms with Gasteiger partial charge in [-0.05, 0) is 85.5 Å². The first-order valence-electron chi connectivity index (χ1n) is 11.8. The number of rotatable bonds is 9. The minimum atomic E-state index is -4.52. The number of halogens is 4. The standard InChI is InChI=1S/C27H25ClF3NO5S/c1-38(34,35)36-15-3-5-19-17-25(18-4-2-6-20(16-18)27(29,30)31)32(26(19)33)22-9-13-24(14-10-22)37-23-11-7-21(28)8-12-23/h2,4,6-14,16,19,25H,3,5,15,17H2,1H3/t19-,25+/m0/s1.